The maximum Gasteiger partial charge on any atom is 0.512 e. The quantitative estimate of drug-likeness (QED) is 0.507. The van der Waals surface area contributed by atoms with Crippen molar-refractivity contribution in [3.8, 4) is 17.1 Å². The number of nitrogens with one attached hydrogen (secondary N) is 1. The highest BCUT2D eigenvalue weighted by molar-refractivity contribution is 5.84. The molecule has 0 atom stereocenters. The first-order valence-corrected chi connectivity index (χ1v) is 7.87. The molecule has 0 bridgehead atoms. The second-order valence-electron chi connectivity index (χ2n) is 5.84. The monoisotopic (exact) mass is 389 g/mol. The number of nitrogens with zero attached hydrogens (tertiary/aromatic N) is 2. The zero-order chi connectivity index (χ0) is 20.1. The Kier molecular flexibility index (Phi) is 3.84. The molecule has 0 amide bonds. The number of alkyl halides is 3. The van der Waals surface area contributed by atoms with Gasteiger partial charge in [-0.2, -0.15) is 18.2 Å². The van der Waals surface area contributed by atoms with Gasteiger partial charge in [0.2, 0.25) is 5.65 Å². The second kappa shape index (κ2) is 6.12. The Hall–Kier alpha value is -3.82. The number of imidazole rings is 1. The van der Waals surface area contributed by atoms with Crippen molar-refractivity contribution in [1.82, 2.24) is 14.4 Å². The highest BCUT2D eigenvalue weighted by Crippen LogP contribution is 2.34. The van der Waals surface area contributed by atoms with Crippen molar-refractivity contribution in [1.29, 1.82) is 0 Å². The van der Waals surface area contributed by atoms with Crippen LogP contribution in [0.4, 0.5) is 18.0 Å². The molecule has 0 saturated heterocycles. The van der Waals surface area contributed by atoms with Gasteiger partial charge in [0.05, 0.1) is 16.6 Å². The molecule has 0 saturated carbocycles. The lowest BCUT2D eigenvalue weighted by molar-refractivity contribution is -0.137. The van der Waals surface area contributed by atoms with Crippen LogP contribution in [-0.4, -0.2) is 25.6 Å². The van der Waals surface area contributed by atoms with Gasteiger partial charge < -0.3 is 14.8 Å². The van der Waals surface area contributed by atoms with Crippen molar-refractivity contribution in [2.45, 2.75) is 6.18 Å². The van der Waals surface area contributed by atoms with E-state index in [4.69, 9.17) is 9.84 Å². The summed E-state index contributed by atoms with van der Waals surface area (Å²) in [6.45, 7) is 0. The number of hydrogen-bond acceptors (Lipinski definition) is 4. The first-order valence-electron chi connectivity index (χ1n) is 7.87. The molecular weight excluding hydrogens is 379 g/mol. The van der Waals surface area contributed by atoms with Gasteiger partial charge in [0.25, 0.3) is 11.4 Å². The Labute approximate surface area is 153 Å². The molecule has 0 aliphatic carbocycles. The maximum absolute atomic E-state index is 13.0. The Morgan fingerprint density at radius 3 is 2.50 bits per heavy atom. The van der Waals surface area contributed by atoms with Crippen molar-refractivity contribution in [3.63, 3.8) is 0 Å². The third-order valence-electron chi connectivity index (χ3n) is 4.09. The molecule has 2 aromatic carbocycles. The van der Waals surface area contributed by atoms with Crippen molar-refractivity contribution in [2.75, 3.05) is 0 Å². The number of ether oxygens (including phenoxy) is 1. The summed E-state index contributed by atoms with van der Waals surface area (Å²) in [5.41, 5.74) is -1.20. The molecule has 2 aromatic heterocycles. The van der Waals surface area contributed by atoms with Crippen LogP contribution in [0.2, 0.25) is 0 Å². The van der Waals surface area contributed by atoms with Crippen LogP contribution in [0.3, 0.4) is 0 Å². The molecule has 0 fully saturated rings. The minimum absolute atomic E-state index is 0.0798. The van der Waals surface area contributed by atoms with E-state index in [0.717, 1.165) is 12.1 Å². The number of fused-ring (bicyclic) bond motifs is 3. The first kappa shape index (κ1) is 17.6. The van der Waals surface area contributed by atoms with Crippen LogP contribution in [0.5, 0.6) is 5.88 Å². The van der Waals surface area contributed by atoms with Crippen molar-refractivity contribution in [2.24, 2.45) is 0 Å². The average molecular weight is 389 g/mol. The van der Waals surface area contributed by atoms with Gasteiger partial charge in [-0.3, -0.25) is 9.20 Å². The minimum Gasteiger partial charge on any atom is -0.449 e. The van der Waals surface area contributed by atoms with Crippen molar-refractivity contribution >= 4 is 22.8 Å². The fraction of sp³-hybridized carbons (Fsp3) is 0.0556. The van der Waals surface area contributed by atoms with Gasteiger partial charge in [-0.15, -0.1) is 0 Å². The molecule has 0 spiro atoms. The SMILES string of the molecule is O=C(O)Oc1nc2c(=O)[nH]c3cc(C(F)(F)F)ccc3n2c1-c1ccccc1. The number of benzene rings is 2. The van der Waals surface area contributed by atoms with E-state index >= 15 is 0 Å². The number of halogens is 3. The first-order chi connectivity index (χ1) is 13.3. The van der Waals surface area contributed by atoms with E-state index in [9.17, 15) is 22.8 Å². The van der Waals surface area contributed by atoms with E-state index in [1.54, 1.807) is 30.3 Å². The predicted octanol–water partition coefficient (Wildman–Crippen LogP) is 3.92. The minimum atomic E-state index is -4.59. The lowest BCUT2D eigenvalue weighted by Crippen LogP contribution is -2.12. The van der Waals surface area contributed by atoms with E-state index in [-0.39, 0.29) is 28.3 Å². The number of rotatable bonds is 2. The number of H-pyrrole nitrogens is 1. The third kappa shape index (κ3) is 2.84. The second-order valence-corrected chi connectivity index (χ2v) is 5.84. The molecule has 0 radical (unpaired) electrons. The van der Waals surface area contributed by atoms with E-state index in [2.05, 4.69) is 9.97 Å². The molecule has 0 aliphatic rings. The third-order valence-corrected chi connectivity index (χ3v) is 4.09. The fourth-order valence-electron chi connectivity index (χ4n) is 2.98. The van der Waals surface area contributed by atoms with Crippen LogP contribution in [0, 0.1) is 0 Å². The predicted molar refractivity (Wildman–Crippen MR) is 92.4 cm³/mol. The van der Waals surface area contributed by atoms with E-state index < -0.39 is 23.5 Å². The molecule has 7 nitrogen and oxygen atoms in total. The van der Waals surface area contributed by atoms with Crippen LogP contribution >= 0.6 is 0 Å². The fourth-order valence-corrected chi connectivity index (χ4v) is 2.98. The summed E-state index contributed by atoms with van der Waals surface area (Å²) in [5, 5.41) is 8.99. The van der Waals surface area contributed by atoms with Crippen LogP contribution in [0.15, 0.2) is 53.3 Å². The highest BCUT2D eigenvalue weighted by atomic mass is 19.4. The standard InChI is InChI=1S/C18H10F3N3O4/c19-18(20,21)10-6-7-12-11(8-10)22-15(25)14-23-16(28-17(26)27)13(24(12)14)9-4-2-1-3-5-9/h1-8H,(H,22,25)(H,26,27). The zero-order valence-electron chi connectivity index (χ0n) is 13.8. The molecule has 4 rings (SSSR count). The molecule has 4 aromatic rings. The van der Waals surface area contributed by atoms with Crippen LogP contribution in [0.25, 0.3) is 27.9 Å². The Morgan fingerprint density at radius 2 is 1.86 bits per heavy atom. The lowest BCUT2D eigenvalue weighted by Gasteiger charge is -2.10. The Morgan fingerprint density at radius 1 is 1.14 bits per heavy atom. The Balaban J connectivity index is 2.14. The average Bonchev–Trinajstić information content (AvgIpc) is 3.00. The molecule has 0 aliphatic heterocycles. The molecule has 10 heteroatoms. The number of carbonyl (C=O) groups is 1. The molecule has 0 unspecified atom stereocenters. The van der Waals surface area contributed by atoms with Gasteiger partial charge in [-0.1, -0.05) is 30.3 Å². The summed E-state index contributed by atoms with van der Waals surface area (Å²) in [6.07, 6.45) is -6.23. The normalized spacial score (nSPS) is 11.8. The van der Waals surface area contributed by atoms with E-state index in [1.165, 1.54) is 10.5 Å². The van der Waals surface area contributed by atoms with Gasteiger partial charge in [-0.25, -0.2) is 4.79 Å². The lowest BCUT2D eigenvalue weighted by atomic mass is 10.1. The Bertz CT molecular complexity index is 1280. The number of carboxylic acid groups (broad SMARTS) is 1. The van der Waals surface area contributed by atoms with Gasteiger partial charge in [0.15, 0.2) is 0 Å². The maximum atomic E-state index is 13.0. The summed E-state index contributed by atoms with van der Waals surface area (Å²) in [6, 6.07) is 11.2. The molecule has 2 N–H and O–H groups in total. The van der Waals surface area contributed by atoms with Gasteiger partial charge in [-0.05, 0) is 18.2 Å². The van der Waals surface area contributed by atoms with E-state index in [0.29, 0.717) is 5.56 Å². The van der Waals surface area contributed by atoms with Gasteiger partial charge in [0.1, 0.15) is 5.69 Å². The molecule has 142 valence electrons. The largest absolute Gasteiger partial charge is 0.512 e. The van der Waals surface area contributed by atoms with Crippen LogP contribution in [0.1, 0.15) is 5.56 Å². The number of hydrogen-bond donors (Lipinski definition) is 2. The summed E-state index contributed by atoms with van der Waals surface area (Å²) >= 11 is 0. The van der Waals surface area contributed by atoms with Crippen molar-refractivity contribution in [3.05, 3.63) is 64.4 Å². The van der Waals surface area contributed by atoms with Crippen LogP contribution < -0.4 is 10.3 Å². The molecule has 28 heavy (non-hydrogen) atoms. The summed E-state index contributed by atoms with van der Waals surface area (Å²) in [4.78, 5) is 29.8. The number of aromatic amines is 1. The van der Waals surface area contributed by atoms with Gasteiger partial charge in [0, 0.05) is 5.56 Å². The summed E-state index contributed by atoms with van der Waals surface area (Å²) in [7, 11) is 0. The molecule has 2 heterocycles. The zero-order valence-corrected chi connectivity index (χ0v) is 13.8. The summed E-state index contributed by atoms with van der Waals surface area (Å²) < 4.78 is 45.1. The van der Waals surface area contributed by atoms with Crippen LogP contribution in [-0.2, 0) is 6.18 Å². The topological polar surface area (TPSA) is 96.7 Å². The van der Waals surface area contributed by atoms with E-state index in [1.807, 2.05) is 0 Å². The van der Waals surface area contributed by atoms with Gasteiger partial charge >= 0.3 is 12.3 Å². The number of aromatic nitrogens is 3. The molecular formula is C18H10F3N3O4. The highest BCUT2D eigenvalue weighted by Gasteiger charge is 2.31. The van der Waals surface area contributed by atoms with Crippen molar-refractivity contribution < 1.29 is 27.8 Å². The smallest absolute Gasteiger partial charge is 0.449 e. The summed E-state index contributed by atoms with van der Waals surface area (Å²) in [5.74, 6) is -0.350.